The molecule has 0 aliphatic heterocycles. The number of para-hydroxylation sites is 2. The summed E-state index contributed by atoms with van der Waals surface area (Å²) < 4.78 is 26.8. The second-order valence-electron chi connectivity index (χ2n) is 5.82. The Morgan fingerprint density at radius 3 is 2.64 bits per heavy atom. The van der Waals surface area contributed by atoms with E-state index < -0.39 is 23.1 Å². The number of aliphatic hydroxyl groups is 1. The third kappa shape index (κ3) is 3.61. The number of nitrogens with zero attached hydrogens (tertiary/aromatic N) is 2. The van der Waals surface area contributed by atoms with Gasteiger partial charge in [0.2, 0.25) is 0 Å². The molecule has 0 saturated heterocycles. The zero-order valence-corrected chi connectivity index (χ0v) is 13.3. The van der Waals surface area contributed by atoms with Crippen molar-refractivity contribution >= 4 is 16.9 Å². The van der Waals surface area contributed by atoms with Crippen molar-refractivity contribution in [3.63, 3.8) is 0 Å². The number of hydrogen-bond donors (Lipinski definition) is 2. The van der Waals surface area contributed by atoms with Crippen molar-refractivity contribution in [1.29, 1.82) is 0 Å². The summed E-state index contributed by atoms with van der Waals surface area (Å²) in [6, 6.07) is 9.96. The molecule has 0 unspecified atom stereocenters. The van der Waals surface area contributed by atoms with Crippen molar-refractivity contribution in [3.8, 4) is 0 Å². The van der Waals surface area contributed by atoms with Crippen molar-refractivity contribution < 1.29 is 18.7 Å². The number of benzene rings is 2. The van der Waals surface area contributed by atoms with Gasteiger partial charge in [0.05, 0.1) is 23.8 Å². The van der Waals surface area contributed by atoms with Crippen LogP contribution in [0, 0.1) is 11.6 Å². The SMILES string of the molecule is C[C@@](O)(CNC(=O)c1cnc2ccccc2n1)c1ccc(F)cc1F. The Kier molecular flexibility index (Phi) is 4.41. The normalized spacial score (nSPS) is 13.4. The number of fused-ring (bicyclic) bond motifs is 1. The first-order chi connectivity index (χ1) is 11.9. The van der Waals surface area contributed by atoms with E-state index in [9.17, 15) is 18.7 Å². The number of carbonyl (C=O) groups excluding carboxylic acids is 1. The zero-order chi connectivity index (χ0) is 18.0. The lowest BCUT2D eigenvalue weighted by Crippen LogP contribution is -2.39. The Hall–Kier alpha value is -2.93. The minimum Gasteiger partial charge on any atom is -0.383 e. The van der Waals surface area contributed by atoms with Gasteiger partial charge in [-0.25, -0.2) is 13.8 Å². The summed E-state index contributed by atoms with van der Waals surface area (Å²) in [5.41, 5.74) is -0.531. The van der Waals surface area contributed by atoms with Gasteiger partial charge in [0.15, 0.2) is 0 Å². The van der Waals surface area contributed by atoms with Gasteiger partial charge in [0.1, 0.15) is 22.9 Å². The van der Waals surface area contributed by atoms with Gasteiger partial charge < -0.3 is 10.4 Å². The van der Waals surface area contributed by atoms with Crippen LogP contribution in [0.15, 0.2) is 48.7 Å². The van der Waals surface area contributed by atoms with Gasteiger partial charge in [-0.05, 0) is 25.1 Å². The van der Waals surface area contributed by atoms with Gasteiger partial charge in [0.25, 0.3) is 5.91 Å². The van der Waals surface area contributed by atoms with Crippen LogP contribution in [0.1, 0.15) is 23.0 Å². The quantitative estimate of drug-likeness (QED) is 0.763. The lowest BCUT2D eigenvalue weighted by molar-refractivity contribution is 0.0493. The number of nitrogens with one attached hydrogen (secondary N) is 1. The molecular weight excluding hydrogens is 328 g/mol. The molecule has 0 aliphatic carbocycles. The molecule has 0 radical (unpaired) electrons. The van der Waals surface area contributed by atoms with Crippen LogP contribution in [-0.2, 0) is 5.60 Å². The number of halogens is 2. The molecule has 2 aromatic carbocycles. The Balaban J connectivity index is 1.75. The highest BCUT2D eigenvalue weighted by molar-refractivity contribution is 5.93. The first-order valence-electron chi connectivity index (χ1n) is 7.55. The monoisotopic (exact) mass is 343 g/mol. The number of carbonyl (C=O) groups is 1. The average molecular weight is 343 g/mol. The van der Waals surface area contributed by atoms with Crippen LogP contribution >= 0.6 is 0 Å². The van der Waals surface area contributed by atoms with E-state index >= 15 is 0 Å². The Bertz CT molecular complexity index is 945. The number of rotatable bonds is 4. The highest BCUT2D eigenvalue weighted by atomic mass is 19.1. The Morgan fingerprint density at radius 1 is 1.20 bits per heavy atom. The predicted octanol–water partition coefficient (Wildman–Crippen LogP) is 2.55. The van der Waals surface area contributed by atoms with Gasteiger partial charge in [-0.15, -0.1) is 0 Å². The van der Waals surface area contributed by atoms with E-state index in [1.165, 1.54) is 13.1 Å². The van der Waals surface area contributed by atoms with Gasteiger partial charge in [-0.3, -0.25) is 9.78 Å². The minimum atomic E-state index is -1.71. The summed E-state index contributed by atoms with van der Waals surface area (Å²) >= 11 is 0. The minimum absolute atomic E-state index is 0.0779. The summed E-state index contributed by atoms with van der Waals surface area (Å²) in [5, 5.41) is 12.9. The molecule has 3 rings (SSSR count). The lowest BCUT2D eigenvalue weighted by atomic mass is 9.95. The Labute approximate surface area is 142 Å². The molecule has 0 spiro atoms. The first kappa shape index (κ1) is 16.9. The van der Waals surface area contributed by atoms with E-state index in [2.05, 4.69) is 15.3 Å². The van der Waals surface area contributed by atoms with E-state index in [4.69, 9.17) is 0 Å². The summed E-state index contributed by atoms with van der Waals surface area (Å²) in [6.07, 6.45) is 1.32. The van der Waals surface area contributed by atoms with Crippen LogP contribution in [0.25, 0.3) is 11.0 Å². The van der Waals surface area contributed by atoms with Crippen LogP contribution in [-0.4, -0.2) is 27.5 Å². The van der Waals surface area contributed by atoms with Crippen molar-refractivity contribution in [3.05, 3.63) is 71.6 Å². The largest absolute Gasteiger partial charge is 0.383 e. The molecule has 1 heterocycles. The maximum atomic E-state index is 13.8. The fraction of sp³-hybridized carbons (Fsp3) is 0.167. The number of aromatic nitrogens is 2. The fourth-order valence-electron chi connectivity index (χ4n) is 2.43. The van der Waals surface area contributed by atoms with Crippen LogP contribution in [0.2, 0.25) is 0 Å². The molecule has 128 valence electrons. The predicted molar refractivity (Wildman–Crippen MR) is 87.8 cm³/mol. The molecule has 1 aromatic heterocycles. The first-order valence-corrected chi connectivity index (χ1v) is 7.55. The molecule has 1 atom stereocenters. The molecule has 25 heavy (non-hydrogen) atoms. The van der Waals surface area contributed by atoms with Gasteiger partial charge in [-0.2, -0.15) is 0 Å². The maximum absolute atomic E-state index is 13.8. The third-order valence-corrected chi connectivity index (χ3v) is 3.79. The molecule has 0 aliphatic rings. The molecule has 0 saturated carbocycles. The lowest BCUT2D eigenvalue weighted by Gasteiger charge is -2.24. The fourth-order valence-corrected chi connectivity index (χ4v) is 2.43. The number of hydrogen-bond acceptors (Lipinski definition) is 4. The van der Waals surface area contributed by atoms with Gasteiger partial charge in [0, 0.05) is 11.6 Å². The van der Waals surface area contributed by atoms with Crippen molar-refractivity contribution in [2.75, 3.05) is 6.54 Å². The van der Waals surface area contributed by atoms with E-state index in [-0.39, 0.29) is 17.8 Å². The van der Waals surface area contributed by atoms with Gasteiger partial charge in [-0.1, -0.05) is 18.2 Å². The summed E-state index contributed by atoms with van der Waals surface area (Å²) in [6.45, 7) is 1.05. The maximum Gasteiger partial charge on any atom is 0.271 e. The molecule has 0 fully saturated rings. The number of amides is 1. The third-order valence-electron chi connectivity index (χ3n) is 3.79. The van der Waals surface area contributed by atoms with E-state index in [0.29, 0.717) is 17.1 Å². The molecular formula is C18H15F2N3O2. The molecule has 7 heteroatoms. The molecule has 0 bridgehead atoms. The second kappa shape index (κ2) is 6.52. The smallest absolute Gasteiger partial charge is 0.271 e. The second-order valence-corrected chi connectivity index (χ2v) is 5.82. The van der Waals surface area contributed by atoms with Crippen molar-refractivity contribution in [2.24, 2.45) is 0 Å². The van der Waals surface area contributed by atoms with E-state index in [0.717, 1.165) is 12.1 Å². The highest BCUT2D eigenvalue weighted by Gasteiger charge is 2.28. The van der Waals surface area contributed by atoms with Gasteiger partial charge >= 0.3 is 0 Å². The summed E-state index contributed by atoms with van der Waals surface area (Å²) in [7, 11) is 0. The standard InChI is InChI=1S/C18H15F2N3O2/c1-18(25,12-7-6-11(19)8-13(12)20)10-22-17(24)16-9-21-14-4-2-3-5-15(14)23-16/h2-9,25H,10H2,1H3,(H,22,24)/t18-/m1/s1. The van der Waals surface area contributed by atoms with Crippen LogP contribution in [0.3, 0.4) is 0 Å². The molecule has 3 aromatic rings. The summed E-state index contributed by atoms with van der Waals surface area (Å²) in [5.74, 6) is -2.18. The van der Waals surface area contributed by atoms with Crippen LogP contribution < -0.4 is 5.32 Å². The molecule has 5 nitrogen and oxygen atoms in total. The zero-order valence-electron chi connectivity index (χ0n) is 13.3. The van der Waals surface area contributed by atoms with E-state index in [1.54, 1.807) is 18.2 Å². The topological polar surface area (TPSA) is 75.1 Å². The van der Waals surface area contributed by atoms with Crippen molar-refractivity contribution in [2.45, 2.75) is 12.5 Å². The van der Waals surface area contributed by atoms with Crippen molar-refractivity contribution in [1.82, 2.24) is 15.3 Å². The summed E-state index contributed by atoms with van der Waals surface area (Å²) in [4.78, 5) is 20.6. The van der Waals surface area contributed by atoms with Crippen LogP contribution in [0.5, 0.6) is 0 Å². The molecule has 1 amide bonds. The van der Waals surface area contributed by atoms with E-state index in [1.807, 2.05) is 6.07 Å². The Morgan fingerprint density at radius 2 is 1.92 bits per heavy atom. The highest BCUT2D eigenvalue weighted by Crippen LogP contribution is 2.23. The molecule has 2 N–H and O–H groups in total. The average Bonchev–Trinajstić information content (AvgIpc) is 2.59. The van der Waals surface area contributed by atoms with Crippen LogP contribution in [0.4, 0.5) is 8.78 Å².